The largest absolute Gasteiger partial charge is 0.336 e. The van der Waals surface area contributed by atoms with Crippen LogP contribution >= 0.6 is 11.6 Å². The predicted octanol–water partition coefficient (Wildman–Crippen LogP) is 18.0. The van der Waals surface area contributed by atoms with Gasteiger partial charge in [0.15, 0.2) is 0 Å². The van der Waals surface area contributed by atoms with Crippen molar-refractivity contribution in [3.8, 4) is 0 Å². The molecule has 0 spiro atoms. The molecule has 32 rings (SSSR count). The van der Waals surface area contributed by atoms with Gasteiger partial charge >= 0.3 is 5.38 Å². The van der Waals surface area contributed by atoms with Gasteiger partial charge in [0, 0.05) is 5.92 Å². The summed E-state index contributed by atoms with van der Waals surface area (Å²) in [5, 5.41) is 73.7. The Morgan fingerprint density at radius 3 is 0.516 bits per heavy atom. The van der Waals surface area contributed by atoms with Crippen molar-refractivity contribution in [3.05, 3.63) is 22.3 Å². The van der Waals surface area contributed by atoms with Crippen LogP contribution in [0.1, 0.15) is 28.2 Å². The van der Waals surface area contributed by atoms with E-state index in [2.05, 4.69) is 0 Å². The molecule has 0 amide bonds. The molecule has 0 saturated heterocycles. The molecule has 0 bridgehead atoms. The first-order valence-electron chi connectivity index (χ1n) is 23.4. The van der Waals surface area contributed by atoms with Crippen molar-refractivity contribution in [2.75, 3.05) is 0 Å². The van der Waals surface area contributed by atoms with E-state index in [4.69, 9.17) is 11.6 Å². The lowest BCUT2D eigenvalue weighted by Gasteiger charge is -2.47. The lowest BCUT2D eigenvalue weighted by atomic mass is 9.57. The predicted molar refractivity (Wildman–Crippen MR) is 266 cm³/mol. The average molecular weight is 807 g/mol. The van der Waals surface area contributed by atoms with Crippen LogP contribution in [0.3, 0.4) is 0 Å². The molecule has 266 valence electrons. The summed E-state index contributed by atoms with van der Waals surface area (Å²) in [6.07, 6.45) is 0. The van der Waals surface area contributed by atoms with Gasteiger partial charge in [0.05, 0.1) is 0 Å². The van der Waals surface area contributed by atoms with E-state index in [9.17, 15) is 0 Å². The fourth-order valence-electron chi connectivity index (χ4n) is 23.6. The lowest BCUT2D eigenvalue weighted by Crippen LogP contribution is -2.48. The Kier molecular flexibility index (Phi) is 1.83. The van der Waals surface area contributed by atoms with E-state index in [0.717, 1.165) is 32.7 Å². The van der Waals surface area contributed by atoms with Gasteiger partial charge in [-0.05, 0) is 325 Å². The van der Waals surface area contributed by atoms with Crippen molar-refractivity contribution in [1.82, 2.24) is 0 Å². The Hall–Kier alpha value is -7.39. The molecule has 28 aromatic carbocycles. The highest BCUT2D eigenvalue weighted by atomic mass is 35.5. The van der Waals surface area contributed by atoms with Crippen molar-refractivity contribution in [3.63, 3.8) is 0 Å². The molecule has 0 atom stereocenters. The van der Waals surface area contributed by atoms with Crippen LogP contribution < -0.4 is 0 Å². The molecule has 0 heterocycles. The zero-order chi connectivity index (χ0) is 38.1. The normalized spacial score (nSPS) is 21.9. The molecule has 4 aliphatic rings. The third-order valence-electron chi connectivity index (χ3n) is 23.6. The first kappa shape index (κ1) is 23.3. The summed E-state index contributed by atoms with van der Waals surface area (Å²) in [6, 6.07) is 0. The molecule has 0 N–H and O–H groups in total. The summed E-state index contributed by atoms with van der Waals surface area (Å²) in [6.45, 7) is 0. The van der Waals surface area contributed by atoms with E-state index in [1.165, 1.54) is 259 Å². The molecule has 28 aromatic rings. The summed E-state index contributed by atoms with van der Waals surface area (Å²) in [5.41, 5.74) is 2.53. The number of hydrogen-bond donors (Lipinski definition) is 0. The van der Waals surface area contributed by atoms with Gasteiger partial charge < -0.3 is 0 Å². The topological polar surface area (TPSA) is 0 Å². The second-order valence-corrected chi connectivity index (χ2v) is 24.0. The van der Waals surface area contributed by atoms with Crippen LogP contribution in [0.4, 0.5) is 8.78 Å². The highest BCUT2D eigenvalue weighted by Gasteiger charge is 2.71. The average Bonchev–Trinajstić information content (AvgIpc) is 4.12. The second-order valence-electron chi connectivity index (χ2n) is 23.6. The van der Waals surface area contributed by atoms with Crippen LogP contribution in [0.15, 0.2) is 0 Å². The van der Waals surface area contributed by atoms with Gasteiger partial charge in [-0.15, -0.1) is 0 Å². The quantitative estimate of drug-likeness (QED) is 0.114. The van der Waals surface area contributed by atoms with Gasteiger partial charge in [0.2, 0.25) is 0 Å². The summed E-state index contributed by atoms with van der Waals surface area (Å²) in [5.74, 6) is -0.550. The molecule has 64 heavy (non-hydrogen) atoms. The van der Waals surface area contributed by atoms with Crippen molar-refractivity contribution in [1.29, 1.82) is 0 Å². The fourth-order valence-corrected chi connectivity index (χ4v) is 23.9. The maximum absolute atomic E-state index is 18.8. The van der Waals surface area contributed by atoms with Crippen LogP contribution in [0.2, 0.25) is 0 Å². The van der Waals surface area contributed by atoms with Crippen LogP contribution in [-0.2, 0) is 5.41 Å². The summed E-state index contributed by atoms with van der Waals surface area (Å²) < 4.78 is 37.6. The van der Waals surface area contributed by atoms with Gasteiger partial charge in [0.25, 0.3) is 0 Å². The maximum atomic E-state index is 18.8. The van der Waals surface area contributed by atoms with Crippen molar-refractivity contribution in [2.45, 2.75) is 16.7 Å². The van der Waals surface area contributed by atoms with E-state index < -0.39 is 16.7 Å². The monoisotopic (exact) mass is 806 g/mol. The molecular weight excluding hydrogens is 806 g/mol. The summed E-state index contributed by atoms with van der Waals surface area (Å²) >= 11 is 7.34. The summed E-state index contributed by atoms with van der Waals surface area (Å²) in [7, 11) is 0. The van der Waals surface area contributed by atoms with Crippen LogP contribution in [0.5, 0.6) is 0 Å². The number of hydrogen-bond acceptors (Lipinski definition) is 0. The maximum Gasteiger partial charge on any atom is 0.336 e. The Morgan fingerprint density at radius 1 is 0.219 bits per heavy atom. The van der Waals surface area contributed by atoms with Crippen molar-refractivity contribution < 1.29 is 8.78 Å². The molecule has 3 heteroatoms. The zero-order valence-corrected chi connectivity index (χ0v) is 32.5. The number of rotatable bonds is 1. The third-order valence-corrected chi connectivity index (χ3v) is 23.9. The van der Waals surface area contributed by atoms with Gasteiger partial charge in [-0.2, -0.15) is 8.78 Å². The third kappa shape index (κ3) is 1.16. The van der Waals surface area contributed by atoms with Gasteiger partial charge in [-0.3, -0.25) is 0 Å². The van der Waals surface area contributed by atoms with E-state index in [1.807, 2.05) is 0 Å². The van der Waals surface area contributed by atoms with Gasteiger partial charge in [-0.25, -0.2) is 0 Å². The highest BCUT2D eigenvalue weighted by Crippen LogP contribution is 2.85. The Bertz CT molecular complexity index is 6740. The van der Waals surface area contributed by atoms with Crippen molar-refractivity contribution >= 4 is 302 Å². The van der Waals surface area contributed by atoms with Crippen LogP contribution in [0, 0.1) is 0 Å². The number of halogens is 3. The molecular formula is C61HClF2. The molecule has 0 nitrogen and oxygen atoms in total. The Balaban J connectivity index is 1.30. The smallest absolute Gasteiger partial charge is 0.187 e. The molecule has 0 radical (unpaired) electrons. The minimum absolute atomic E-state index is 0.550. The highest BCUT2D eigenvalue weighted by molar-refractivity contribution is 6.82. The van der Waals surface area contributed by atoms with Gasteiger partial charge in [-0.1, -0.05) is 0 Å². The molecule has 0 aromatic heterocycles. The van der Waals surface area contributed by atoms with E-state index in [1.54, 1.807) is 21.5 Å². The van der Waals surface area contributed by atoms with Crippen LogP contribution in [-0.4, -0.2) is 5.38 Å². The second kappa shape index (κ2) is 5.03. The Morgan fingerprint density at radius 2 is 0.344 bits per heavy atom. The van der Waals surface area contributed by atoms with Crippen molar-refractivity contribution in [2.24, 2.45) is 0 Å². The Labute approximate surface area is 348 Å². The number of benzene rings is 18. The van der Waals surface area contributed by atoms with Gasteiger partial charge in [0.1, 0.15) is 5.41 Å². The minimum atomic E-state index is -3.55. The van der Waals surface area contributed by atoms with E-state index in [-0.39, 0.29) is 0 Å². The lowest BCUT2D eigenvalue weighted by molar-refractivity contribution is 0.0184. The fraction of sp³-hybridized carbons (Fsp3) is 0.0492. The molecule has 0 aliphatic heterocycles. The first-order valence-corrected chi connectivity index (χ1v) is 23.8. The van der Waals surface area contributed by atoms with E-state index in [0.29, 0.717) is 0 Å². The standard InChI is InChI=1S/C61HClF2/c62-61(63,64)60-57-53-47-33-25-17-5-2-1-3-6(5)18-20-16-10(3)12-8-4(1)7-11-9(2)15-19(17)31(33)39-37-23(15)21(11)29-27-13(7)14(8)28-30-22(12)24(16)38-40-32(20)34(26(18)25)48(47)54(57)50(40)52-44(38)42(30)46-36(28)35(27)45-41(29)43(37)51(49(39)53)58(60)55(45)56(46)59(52)60/h57H. The summed E-state index contributed by atoms with van der Waals surface area (Å²) in [4.78, 5) is 0. The molecule has 0 unspecified atom stereocenters. The number of alkyl halides is 3. The molecule has 0 saturated carbocycles. The zero-order valence-electron chi connectivity index (χ0n) is 31.7. The van der Waals surface area contributed by atoms with Crippen LogP contribution in [0.25, 0.3) is 291 Å². The van der Waals surface area contributed by atoms with E-state index >= 15 is 8.78 Å². The minimum Gasteiger partial charge on any atom is -0.187 e. The SMILES string of the molecule is FC(F)(Cl)C12c3c4c5c6c7c8c(c9c%10c1c1c3c3c%11c4c4c5c5c7c7c%12c8c8c9c9c%10c%10c1c1c3c3c%11c%11c4c4c5c7c5c7c%12c8c8c9c9c%10c1c1c3c3c%11c4c5c4c7c8c9c1c34)C62. The first-order chi connectivity index (χ1) is 31.6. The molecule has 4 aliphatic carbocycles. The molecule has 0 fully saturated rings.